The fourth-order valence-electron chi connectivity index (χ4n) is 2.78. The number of carboxylic acids is 1. The van der Waals surface area contributed by atoms with Crippen LogP contribution in [-0.4, -0.2) is 23.5 Å². The predicted octanol–water partition coefficient (Wildman–Crippen LogP) is 3.86. The number of hydrogen-bond acceptors (Lipinski definition) is 3. The van der Waals surface area contributed by atoms with Crippen LogP contribution in [0.25, 0.3) is 0 Å². The molecule has 0 bridgehead atoms. The van der Waals surface area contributed by atoms with Crippen molar-refractivity contribution in [3.63, 3.8) is 0 Å². The van der Waals surface area contributed by atoms with E-state index in [1.807, 2.05) is 12.3 Å². The fourth-order valence-corrected chi connectivity index (χ4v) is 3.98. The van der Waals surface area contributed by atoms with Crippen LogP contribution >= 0.6 is 22.9 Å². The summed E-state index contributed by atoms with van der Waals surface area (Å²) in [6.07, 6.45) is 5.19. The molecule has 1 fully saturated rings. The van der Waals surface area contributed by atoms with Crippen molar-refractivity contribution in [2.75, 3.05) is 6.54 Å². The Morgan fingerprint density at radius 3 is 2.43 bits per heavy atom. The molecule has 1 aromatic rings. The van der Waals surface area contributed by atoms with E-state index in [1.54, 1.807) is 0 Å². The maximum Gasteiger partial charge on any atom is 0.311 e. The Balaban J connectivity index is 2.06. The van der Waals surface area contributed by atoms with Crippen molar-refractivity contribution in [1.29, 1.82) is 0 Å². The first kappa shape index (κ1) is 16.3. The number of nitrogens with one attached hydrogen (secondary N) is 1. The molecule has 4 nitrogen and oxygen atoms in total. The van der Waals surface area contributed by atoms with Gasteiger partial charge in [0.2, 0.25) is 0 Å². The van der Waals surface area contributed by atoms with Gasteiger partial charge < -0.3 is 10.4 Å². The van der Waals surface area contributed by atoms with Gasteiger partial charge in [-0.15, -0.1) is 11.3 Å². The summed E-state index contributed by atoms with van der Waals surface area (Å²) in [5, 5.41) is 14.7. The van der Waals surface area contributed by atoms with Crippen LogP contribution in [0, 0.1) is 12.3 Å². The van der Waals surface area contributed by atoms with Gasteiger partial charge in [-0.25, -0.2) is 0 Å². The van der Waals surface area contributed by atoms with E-state index in [4.69, 9.17) is 11.6 Å². The van der Waals surface area contributed by atoms with Gasteiger partial charge in [-0.2, -0.15) is 0 Å². The lowest BCUT2D eigenvalue weighted by molar-refractivity contribution is -0.149. The molecule has 0 unspecified atom stereocenters. The van der Waals surface area contributed by atoms with E-state index in [0.29, 0.717) is 22.7 Å². The minimum atomic E-state index is -0.828. The zero-order valence-corrected chi connectivity index (χ0v) is 13.6. The first-order chi connectivity index (χ1) is 9.96. The molecule has 1 amide bonds. The van der Waals surface area contributed by atoms with Crippen molar-refractivity contribution < 1.29 is 14.7 Å². The average Bonchev–Trinajstić information content (AvgIpc) is 2.68. The van der Waals surface area contributed by atoms with Crippen LogP contribution in [0.15, 0.2) is 5.38 Å². The first-order valence-corrected chi connectivity index (χ1v) is 8.47. The van der Waals surface area contributed by atoms with E-state index in [9.17, 15) is 14.7 Å². The van der Waals surface area contributed by atoms with Gasteiger partial charge in [0.1, 0.15) is 4.88 Å². The third-order valence-corrected chi connectivity index (χ3v) is 5.90. The minimum Gasteiger partial charge on any atom is -0.481 e. The molecule has 1 saturated carbocycles. The Morgan fingerprint density at radius 1 is 1.33 bits per heavy atom. The summed E-state index contributed by atoms with van der Waals surface area (Å²) in [6, 6.07) is 0. The number of carbonyl (C=O) groups is 2. The maximum absolute atomic E-state index is 12.2. The largest absolute Gasteiger partial charge is 0.481 e. The highest BCUT2D eigenvalue weighted by Crippen LogP contribution is 2.35. The molecule has 2 rings (SSSR count). The smallest absolute Gasteiger partial charge is 0.311 e. The first-order valence-electron chi connectivity index (χ1n) is 7.21. The minimum absolute atomic E-state index is 0.175. The monoisotopic (exact) mass is 329 g/mol. The number of carbonyl (C=O) groups excluding carboxylic acids is 1. The van der Waals surface area contributed by atoms with E-state index in [0.717, 1.165) is 31.2 Å². The second-order valence-electron chi connectivity index (χ2n) is 5.74. The van der Waals surface area contributed by atoms with Crippen LogP contribution < -0.4 is 5.32 Å². The molecule has 116 valence electrons. The summed E-state index contributed by atoms with van der Waals surface area (Å²) >= 11 is 7.37. The lowest BCUT2D eigenvalue weighted by atomic mass is 9.80. The van der Waals surface area contributed by atoms with Crippen molar-refractivity contribution >= 4 is 34.8 Å². The molecule has 1 heterocycles. The Morgan fingerprint density at radius 2 is 1.95 bits per heavy atom. The van der Waals surface area contributed by atoms with Gasteiger partial charge in [-0.3, -0.25) is 9.59 Å². The molecule has 0 radical (unpaired) electrons. The molecule has 0 aliphatic heterocycles. The van der Waals surface area contributed by atoms with E-state index >= 15 is 0 Å². The molecule has 0 atom stereocenters. The van der Waals surface area contributed by atoms with Crippen molar-refractivity contribution in [2.24, 2.45) is 5.41 Å². The molecular weight excluding hydrogens is 310 g/mol. The highest BCUT2D eigenvalue weighted by molar-refractivity contribution is 7.13. The van der Waals surface area contributed by atoms with Gasteiger partial charge >= 0.3 is 5.97 Å². The lowest BCUT2D eigenvalue weighted by Gasteiger charge is -2.28. The van der Waals surface area contributed by atoms with E-state index < -0.39 is 11.4 Å². The summed E-state index contributed by atoms with van der Waals surface area (Å²) in [7, 11) is 0. The third kappa shape index (κ3) is 3.58. The summed E-state index contributed by atoms with van der Waals surface area (Å²) < 4.78 is 0. The zero-order valence-electron chi connectivity index (χ0n) is 12.1. The number of carboxylic acid groups (broad SMARTS) is 1. The topological polar surface area (TPSA) is 66.4 Å². The van der Waals surface area contributed by atoms with Crippen LogP contribution in [-0.2, 0) is 4.79 Å². The van der Waals surface area contributed by atoms with Gasteiger partial charge in [-0.05, 0) is 30.7 Å². The van der Waals surface area contributed by atoms with Crippen LogP contribution in [0.1, 0.15) is 53.8 Å². The van der Waals surface area contributed by atoms with E-state index in [2.05, 4.69) is 5.32 Å². The van der Waals surface area contributed by atoms with E-state index in [1.165, 1.54) is 11.3 Å². The highest BCUT2D eigenvalue weighted by atomic mass is 35.5. The van der Waals surface area contributed by atoms with Crippen molar-refractivity contribution in [1.82, 2.24) is 5.32 Å². The molecule has 2 N–H and O–H groups in total. The number of aryl methyl sites for hydroxylation is 1. The Bertz CT molecular complexity index is 533. The van der Waals surface area contributed by atoms with Gasteiger partial charge in [0.05, 0.1) is 10.4 Å². The highest BCUT2D eigenvalue weighted by Gasteiger charge is 2.39. The molecule has 0 saturated heterocycles. The Hall–Kier alpha value is -1.07. The fraction of sp³-hybridized carbons (Fsp3) is 0.600. The van der Waals surface area contributed by atoms with Crippen LogP contribution in [0.5, 0.6) is 0 Å². The van der Waals surface area contributed by atoms with Gasteiger partial charge in [0.25, 0.3) is 5.91 Å². The van der Waals surface area contributed by atoms with Gasteiger partial charge in [0.15, 0.2) is 0 Å². The number of rotatable bonds is 4. The maximum atomic E-state index is 12.2. The lowest BCUT2D eigenvalue weighted by Crippen LogP contribution is -2.42. The van der Waals surface area contributed by atoms with Gasteiger partial charge in [0, 0.05) is 6.54 Å². The molecule has 1 aliphatic rings. The van der Waals surface area contributed by atoms with Crippen molar-refractivity contribution in [3.8, 4) is 0 Å². The number of thiophene rings is 1. The second-order valence-corrected chi connectivity index (χ2v) is 7.00. The van der Waals surface area contributed by atoms with Gasteiger partial charge in [-0.1, -0.05) is 37.3 Å². The molecule has 6 heteroatoms. The Kier molecular flexibility index (Phi) is 5.27. The molecule has 0 spiro atoms. The summed E-state index contributed by atoms with van der Waals surface area (Å²) in [5.41, 5.74) is 0.0412. The predicted molar refractivity (Wildman–Crippen MR) is 84.2 cm³/mol. The quantitative estimate of drug-likeness (QED) is 0.824. The summed E-state index contributed by atoms with van der Waals surface area (Å²) in [6.45, 7) is 2.02. The molecular formula is C15H20ClNO3S. The SMILES string of the molecule is Cc1csc(C(=O)NCC2(C(=O)O)CCCCCC2)c1Cl. The van der Waals surface area contributed by atoms with Crippen LogP contribution in [0.2, 0.25) is 5.02 Å². The average molecular weight is 330 g/mol. The van der Waals surface area contributed by atoms with Crippen LogP contribution in [0.4, 0.5) is 0 Å². The number of halogens is 1. The molecule has 21 heavy (non-hydrogen) atoms. The summed E-state index contributed by atoms with van der Waals surface area (Å²) in [4.78, 5) is 24.3. The van der Waals surface area contributed by atoms with Crippen molar-refractivity contribution in [2.45, 2.75) is 45.4 Å². The normalized spacial score (nSPS) is 18.0. The number of aliphatic carboxylic acids is 1. The standard InChI is InChI=1S/C15H20ClNO3S/c1-10-8-21-12(11(10)16)13(18)17-9-15(14(19)20)6-4-2-3-5-7-15/h8H,2-7,9H2,1H3,(H,17,18)(H,19,20). The number of amides is 1. The molecule has 0 aromatic carbocycles. The van der Waals surface area contributed by atoms with Crippen LogP contribution in [0.3, 0.4) is 0 Å². The van der Waals surface area contributed by atoms with E-state index in [-0.39, 0.29) is 12.5 Å². The molecule has 1 aromatic heterocycles. The zero-order chi connectivity index (χ0) is 15.5. The second kappa shape index (κ2) is 6.79. The third-order valence-electron chi connectivity index (χ3n) is 4.21. The molecule has 1 aliphatic carbocycles. The summed E-state index contributed by atoms with van der Waals surface area (Å²) in [5.74, 6) is -1.08. The van der Waals surface area contributed by atoms with Crippen molar-refractivity contribution in [3.05, 3.63) is 20.8 Å². The number of hydrogen-bond donors (Lipinski definition) is 2. The Labute approximate surface area is 133 Å².